The zero-order valence-corrected chi connectivity index (χ0v) is 10.1. The first-order chi connectivity index (χ1) is 8.65. The Balaban J connectivity index is 1.92. The topological polar surface area (TPSA) is 85.3 Å². The van der Waals surface area contributed by atoms with Crippen LogP contribution in [-0.2, 0) is 0 Å². The van der Waals surface area contributed by atoms with Crippen LogP contribution in [0.3, 0.4) is 0 Å². The molecule has 1 aliphatic carbocycles. The molecule has 2 fully saturated rings. The summed E-state index contributed by atoms with van der Waals surface area (Å²) in [5.41, 5.74) is 5.71. The van der Waals surface area contributed by atoms with Crippen LogP contribution in [0.25, 0.3) is 0 Å². The van der Waals surface area contributed by atoms with E-state index in [1.54, 1.807) is 0 Å². The molecular weight excluding hydrogens is 232 g/mol. The van der Waals surface area contributed by atoms with Gasteiger partial charge in [-0.1, -0.05) is 6.42 Å². The zero-order chi connectivity index (χ0) is 12.7. The lowest BCUT2D eigenvalue weighted by molar-refractivity contribution is -0.384. The summed E-state index contributed by atoms with van der Waals surface area (Å²) in [6.07, 6.45) is 3.75. The highest BCUT2D eigenvalue weighted by Crippen LogP contribution is 2.41. The van der Waals surface area contributed by atoms with Crippen LogP contribution in [0.15, 0.2) is 12.1 Å². The molecule has 0 amide bonds. The SMILES string of the molecule is Nc1ccc([N+](=O)[O-])c(N2CC3CCCC3C2)n1. The van der Waals surface area contributed by atoms with Gasteiger partial charge in [-0.3, -0.25) is 10.1 Å². The number of rotatable bonds is 2. The number of nitrogens with zero attached hydrogens (tertiary/aromatic N) is 3. The Hall–Kier alpha value is -1.85. The normalized spacial score (nSPS) is 26.3. The van der Waals surface area contributed by atoms with Crippen LogP contribution in [0.2, 0.25) is 0 Å². The summed E-state index contributed by atoms with van der Waals surface area (Å²) in [5.74, 6) is 2.13. The van der Waals surface area contributed by atoms with Crippen molar-refractivity contribution in [1.29, 1.82) is 0 Å². The molecule has 18 heavy (non-hydrogen) atoms. The number of nitro groups is 1. The fourth-order valence-electron chi connectivity index (χ4n) is 3.24. The van der Waals surface area contributed by atoms with Gasteiger partial charge in [-0.15, -0.1) is 0 Å². The molecule has 1 saturated carbocycles. The summed E-state index contributed by atoms with van der Waals surface area (Å²) < 4.78 is 0. The van der Waals surface area contributed by atoms with Crippen LogP contribution < -0.4 is 10.6 Å². The molecule has 6 heteroatoms. The number of nitrogens with two attached hydrogens (primary N) is 1. The second-order valence-corrected chi connectivity index (χ2v) is 5.19. The summed E-state index contributed by atoms with van der Waals surface area (Å²) in [6, 6.07) is 2.93. The van der Waals surface area contributed by atoms with E-state index in [-0.39, 0.29) is 10.6 Å². The third-order valence-electron chi connectivity index (χ3n) is 4.10. The number of pyridine rings is 1. The second-order valence-electron chi connectivity index (χ2n) is 5.19. The molecule has 0 bridgehead atoms. The molecule has 0 spiro atoms. The molecule has 1 aliphatic heterocycles. The highest BCUT2D eigenvalue weighted by atomic mass is 16.6. The molecule has 6 nitrogen and oxygen atoms in total. The number of nitrogen functional groups attached to an aromatic ring is 1. The second kappa shape index (κ2) is 4.12. The maximum absolute atomic E-state index is 11.0. The molecule has 96 valence electrons. The van der Waals surface area contributed by atoms with Crippen LogP contribution in [0, 0.1) is 22.0 Å². The summed E-state index contributed by atoms with van der Waals surface area (Å²) in [5, 5.41) is 11.0. The molecule has 1 aromatic rings. The first kappa shape index (κ1) is 11.3. The van der Waals surface area contributed by atoms with E-state index in [0.29, 0.717) is 23.5 Å². The molecule has 2 heterocycles. The van der Waals surface area contributed by atoms with Gasteiger partial charge in [0.15, 0.2) is 0 Å². The van der Waals surface area contributed by atoms with Gasteiger partial charge in [0, 0.05) is 19.2 Å². The van der Waals surface area contributed by atoms with Gasteiger partial charge in [-0.25, -0.2) is 4.98 Å². The Morgan fingerprint density at radius 3 is 2.61 bits per heavy atom. The van der Waals surface area contributed by atoms with E-state index in [4.69, 9.17) is 5.73 Å². The smallest absolute Gasteiger partial charge is 0.311 e. The fourth-order valence-corrected chi connectivity index (χ4v) is 3.24. The van der Waals surface area contributed by atoms with E-state index in [9.17, 15) is 10.1 Å². The van der Waals surface area contributed by atoms with Gasteiger partial charge in [-0.05, 0) is 30.7 Å². The predicted octanol–water partition coefficient (Wildman–Crippen LogP) is 1.81. The summed E-state index contributed by atoms with van der Waals surface area (Å²) >= 11 is 0. The van der Waals surface area contributed by atoms with Crippen molar-refractivity contribution >= 4 is 17.3 Å². The predicted molar refractivity (Wildman–Crippen MR) is 68.3 cm³/mol. The molecule has 2 N–H and O–H groups in total. The quantitative estimate of drug-likeness (QED) is 0.637. The van der Waals surface area contributed by atoms with E-state index in [2.05, 4.69) is 4.98 Å². The molecule has 0 aromatic carbocycles. The molecule has 2 atom stereocenters. The van der Waals surface area contributed by atoms with Crippen molar-refractivity contribution in [3.63, 3.8) is 0 Å². The number of fused-ring (bicyclic) bond motifs is 1. The monoisotopic (exact) mass is 248 g/mol. The van der Waals surface area contributed by atoms with E-state index in [1.165, 1.54) is 31.4 Å². The van der Waals surface area contributed by atoms with Crippen LogP contribution in [0.4, 0.5) is 17.3 Å². The minimum absolute atomic E-state index is 0.0594. The molecule has 0 radical (unpaired) electrons. The average molecular weight is 248 g/mol. The first-order valence-corrected chi connectivity index (χ1v) is 6.31. The van der Waals surface area contributed by atoms with Crippen molar-refractivity contribution in [2.24, 2.45) is 11.8 Å². The van der Waals surface area contributed by atoms with Crippen molar-refractivity contribution in [1.82, 2.24) is 4.98 Å². The third kappa shape index (κ3) is 1.77. The Bertz CT molecular complexity index is 479. The minimum atomic E-state index is -0.379. The fraction of sp³-hybridized carbons (Fsp3) is 0.583. The number of hydrogen-bond acceptors (Lipinski definition) is 5. The van der Waals surface area contributed by atoms with E-state index in [1.807, 2.05) is 4.90 Å². The lowest BCUT2D eigenvalue weighted by Crippen LogP contribution is -2.23. The maximum Gasteiger partial charge on any atom is 0.311 e. The van der Waals surface area contributed by atoms with E-state index >= 15 is 0 Å². The standard InChI is InChI=1S/C12H16N4O2/c13-11-5-4-10(16(17)18)12(14-11)15-6-8-2-1-3-9(8)7-15/h4-5,8-9H,1-3,6-7H2,(H2,13,14). The Morgan fingerprint density at radius 2 is 2.00 bits per heavy atom. The van der Waals surface area contributed by atoms with Crippen molar-refractivity contribution in [3.05, 3.63) is 22.2 Å². The van der Waals surface area contributed by atoms with Gasteiger partial charge in [0.2, 0.25) is 5.82 Å². The maximum atomic E-state index is 11.0. The third-order valence-corrected chi connectivity index (χ3v) is 4.10. The van der Waals surface area contributed by atoms with Crippen LogP contribution in [0.5, 0.6) is 0 Å². The first-order valence-electron chi connectivity index (χ1n) is 6.31. The molecule has 1 saturated heterocycles. The van der Waals surface area contributed by atoms with Crippen molar-refractivity contribution < 1.29 is 4.92 Å². The Morgan fingerprint density at radius 1 is 1.33 bits per heavy atom. The molecule has 1 aromatic heterocycles. The lowest BCUT2D eigenvalue weighted by Gasteiger charge is -2.18. The Kier molecular flexibility index (Phi) is 2.57. The highest BCUT2D eigenvalue weighted by molar-refractivity contribution is 5.61. The minimum Gasteiger partial charge on any atom is -0.384 e. The van der Waals surface area contributed by atoms with Gasteiger partial charge >= 0.3 is 5.69 Å². The summed E-state index contributed by atoms with van der Waals surface area (Å²) in [7, 11) is 0. The molecular formula is C12H16N4O2. The molecule has 3 rings (SSSR count). The summed E-state index contributed by atoms with van der Waals surface area (Å²) in [4.78, 5) is 16.9. The van der Waals surface area contributed by atoms with Crippen molar-refractivity contribution in [2.75, 3.05) is 23.7 Å². The Labute approximate surface area is 105 Å². The van der Waals surface area contributed by atoms with Crippen LogP contribution in [0.1, 0.15) is 19.3 Å². The zero-order valence-electron chi connectivity index (χ0n) is 10.1. The van der Waals surface area contributed by atoms with E-state index in [0.717, 1.165) is 13.1 Å². The largest absolute Gasteiger partial charge is 0.384 e. The lowest BCUT2D eigenvalue weighted by atomic mass is 10.0. The summed E-state index contributed by atoms with van der Waals surface area (Å²) in [6.45, 7) is 1.75. The van der Waals surface area contributed by atoms with Crippen LogP contribution >= 0.6 is 0 Å². The average Bonchev–Trinajstić information content (AvgIpc) is 2.88. The van der Waals surface area contributed by atoms with Crippen LogP contribution in [-0.4, -0.2) is 23.0 Å². The van der Waals surface area contributed by atoms with E-state index < -0.39 is 0 Å². The van der Waals surface area contributed by atoms with Crippen molar-refractivity contribution in [3.8, 4) is 0 Å². The van der Waals surface area contributed by atoms with Gasteiger partial charge < -0.3 is 10.6 Å². The highest BCUT2D eigenvalue weighted by Gasteiger charge is 2.38. The van der Waals surface area contributed by atoms with Gasteiger partial charge in [-0.2, -0.15) is 0 Å². The van der Waals surface area contributed by atoms with Gasteiger partial charge in [0.25, 0.3) is 0 Å². The number of aromatic nitrogens is 1. The van der Waals surface area contributed by atoms with Gasteiger partial charge in [0.1, 0.15) is 5.82 Å². The van der Waals surface area contributed by atoms with Crippen molar-refractivity contribution in [2.45, 2.75) is 19.3 Å². The number of anilines is 2. The van der Waals surface area contributed by atoms with Gasteiger partial charge in [0.05, 0.1) is 4.92 Å². The molecule has 2 unspecified atom stereocenters. The number of hydrogen-bond donors (Lipinski definition) is 1. The molecule has 2 aliphatic rings.